The van der Waals surface area contributed by atoms with Crippen molar-refractivity contribution in [2.75, 3.05) is 39.3 Å². The number of rotatable bonds is 3. The van der Waals surface area contributed by atoms with Gasteiger partial charge in [0.15, 0.2) is 0 Å². The van der Waals surface area contributed by atoms with Crippen LogP contribution in [0.4, 0.5) is 8.78 Å². The summed E-state index contributed by atoms with van der Waals surface area (Å²) < 4.78 is 27.2. The van der Waals surface area contributed by atoms with Gasteiger partial charge in [0.05, 0.1) is 0 Å². The van der Waals surface area contributed by atoms with Crippen LogP contribution in [0.2, 0.25) is 0 Å². The van der Waals surface area contributed by atoms with E-state index in [2.05, 4.69) is 15.1 Å². The van der Waals surface area contributed by atoms with Crippen molar-refractivity contribution < 1.29 is 8.78 Å². The third-order valence-corrected chi connectivity index (χ3v) is 4.13. The van der Waals surface area contributed by atoms with Crippen LogP contribution < -0.4 is 5.32 Å². The highest BCUT2D eigenvalue weighted by Crippen LogP contribution is 2.17. The number of hydrogen-bond donors (Lipinski definition) is 1. The molecule has 1 aromatic rings. The Balaban J connectivity index is 1.57. The summed E-state index contributed by atoms with van der Waals surface area (Å²) in [5.74, 6) is -0.878. The maximum Gasteiger partial charge on any atom is 0.130 e. The van der Waals surface area contributed by atoms with Crippen LogP contribution in [-0.4, -0.2) is 55.1 Å². The van der Waals surface area contributed by atoms with Gasteiger partial charge in [-0.2, -0.15) is 0 Å². The van der Waals surface area contributed by atoms with Crippen molar-refractivity contribution in [3.05, 3.63) is 35.4 Å². The Hall–Kier alpha value is -1.04. The first-order valence-electron chi connectivity index (χ1n) is 6.84. The first-order valence-corrected chi connectivity index (χ1v) is 6.84. The summed E-state index contributed by atoms with van der Waals surface area (Å²) in [7, 11) is 0. The van der Waals surface area contributed by atoms with Gasteiger partial charge >= 0.3 is 0 Å². The lowest BCUT2D eigenvalue weighted by molar-refractivity contribution is 0.0685. The molecule has 2 heterocycles. The molecule has 3 nitrogen and oxygen atoms in total. The highest BCUT2D eigenvalue weighted by atomic mass is 19.1. The van der Waals surface area contributed by atoms with Crippen LogP contribution in [0, 0.1) is 11.6 Å². The first kappa shape index (κ1) is 13.0. The Kier molecular flexibility index (Phi) is 3.77. The van der Waals surface area contributed by atoms with Gasteiger partial charge in [-0.1, -0.05) is 6.07 Å². The summed E-state index contributed by atoms with van der Waals surface area (Å²) in [6.07, 6.45) is 0. The summed E-state index contributed by atoms with van der Waals surface area (Å²) >= 11 is 0. The van der Waals surface area contributed by atoms with Gasteiger partial charge in [0.25, 0.3) is 0 Å². The topological polar surface area (TPSA) is 18.5 Å². The molecule has 0 amide bonds. The number of hydrogen-bond acceptors (Lipinski definition) is 3. The smallest absolute Gasteiger partial charge is 0.130 e. The minimum absolute atomic E-state index is 0.196. The van der Waals surface area contributed by atoms with E-state index in [0.717, 1.165) is 39.3 Å². The molecule has 0 saturated carbocycles. The van der Waals surface area contributed by atoms with Crippen molar-refractivity contribution in [2.45, 2.75) is 12.6 Å². The lowest BCUT2D eigenvalue weighted by atomic mass is 10.1. The zero-order chi connectivity index (χ0) is 13.2. The molecule has 0 aliphatic carbocycles. The van der Waals surface area contributed by atoms with Gasteiger partial charge in [-0.3, -0.25) is 9.80 Å². The third kappa shape index (κ3) is 2.78. The lowest BCUT2D eigenvalue weighted by Gasteiger charge is -2.43. The van der Waals surface area contributed by atoms with E-state index in [4.69, 9.17) is 0 Å². The Morgan fingerprint density at radius 1 is 1.05 bits per heavy atom. The zero-order valence-corrected chi connectivity index (χ0v) is 10.9. The summed E-state index contributed by atoms with van der Waals surface area (Å²) in [5, 5.41) is 3.27. The minimum atomic E-state index is -0.439. The van der Waals surface area contributed by atoms with Crippen molar-refractivity contribution in [2.24, 2.45) is 0 Å². The van der Waals surface area contributed by atoms with E-state index < -0.39 is 11.6 Å². The second-order valence-electron chi connectivity index (χ2n) is 5.32. The predicted octanol–water partition coefficient (Wildman–Crippen LogP) is 1.05. The highest BCUT2D eigenvalue weighted by molar-refractivity contribution is 5.19. The fraction of sp³-hybridized carbons (Fsp3) is 0.571. The Bertz CT molecular complexity index is 420. The van der Waals surface area contributed by atoms with Crippen LogP contribution >= 0.6 is 0 Å². The van der Waals surface area contributed by atoms with Crippen LogP contribution in [0.1, 0.15) is 5.56 Å². The summed E-state index contributed by atoms with van der Waals surface area (Å²) in [4.78, 5) is 4.59. The molecular weight excluding hydrogens is 248 g/mol. The quantitative estimate of drug-likeness (QED) is 0.883. The second-order valence-corrected chi connectivity index (χ2v) is 5.32. The number of nitrogens with zero attached hydrogens (tertiary/aromatic N) is 2. The van der Waals surface area contributed by atoms with Gasteiger partial charge in [-0.25, -0.2) is 8.78 Å². The SMILES string of the molecule is Fc1cccc(F)c1CN1CCN(C2CNC2)CC1. The van der Waals surface area contributed by atoms with Gasteiger partial charge in [-0.15, -0.1) is 0 Å². The normalized spacial score (nSPS) is 22.4. The molecule has 0 spiro atoms. The molecule has 1 aromatic carbocycles. The van der Waals surface area contributed by atoms with E-state index in [9.17, 15) is 8.78 Å². The van der Waals surface area contributed by atoms with Gasteiger partial charge in [0.2, 0.25) is 0 Å². The predicted molar refractivity (Wildman–Crippen MR) is 69.9 cm³/mol. The number of benzene rings is 1. The Morgan fingerprint density at radius 3 is 2.21 bits per heavy atom. The fourth-order valence-corrected chi connectivity index (χ4v) is 2.73. The van der Waals surface area contributed by atoms with E-state index in [-0.39, 0.29) is 5.56 Å². The molecule has 5 heteroatoms. The van der Waals surface area contributed by atoms with Crippen molar-refractivity contribution in [3.63, 3.8) is 0 Å². The fourth-order valence-electron chi connectivity index (χ4n) is 2.73. The molecule has 2 aliphatic rings. The maximum absolute atomic E-state index is 13.6. The van der Waals surface area contributed by atoms with Crippen molar-refractivity contribution in [1.82, 2.24) is 15.1 Å². The van der Waals surface area contributed by atoms with E-state index in [1.165, 1.54) is 18.2 Å². The van der Waals surface area contributed by atoms with Crippen molar-refractivity contribution >= 4 is 0 Å². The molecule has 0 bridgehead atoms. The summed E-state index contributed by atoms with van der Waals surface area (Å²) in [6, 6.07) is 4.73. The molecule has 104 valence electrons. The van der Waals surface area contributed by atoms with Crippen LogP contribution in [-0.2, 0) is 6.54 Å². The van der Waals surface area contributed by atoms with E-state index in [0.29, 0.717) is 12.6 Å². The highest BCUT2D eigenvalue weighted by Gasteiger charge is 2.28. The molecule has 3 rings (SSSR count). The first-order chi connectivity index (χ1) is 9.24. The average Bonchev–Trinajstić information content (AvgIpc) is 2.34. The molecule has 0 radical (unpaired) electrons. The lowest BCUT2D eigenvalue weighted by Crippen LogP contribution is -2.61. The largest absolute Gasteiger partial charge is 0.314 e. The molecule has 2 aliphatic heterocycles. The molecule has 19 heavy (non-hydrogen) atoms. The van der Waals surface area contributed by atoms with Gasteiger partial charge in [-0.05, 0) is 12.1 Å². The van der Waals surface area contributed by atoms with E-state index in [1.54, 1.807) is 0 Å². The average molecular weight is 267 g/mol. The number of piperazine rings is 1. The molecule has 0 aromatic heterocycles. The van der Waals surface area contributed by atoms with Crippen LogP contribution in [0.15, 0.2) is 18.2 Å². The Morgan fingerprint density at radius 2 is 1.68 bits per heavy atom. The monoisotopic (exact) mass is 267 g/mol. The molecule has 1 N–H and O–H groups in total. The Labute approximate surface area is 112 Å². The molecule has 0 atom stereocenters. The van der Waals surface area contributed by atoms with Crippen molar-refractivity contribution in [1.29, 1.82) is 0 Å². The van der Waals surface area contributed by atoms with Crippen LogP contribution in [0.5, 0.6) is 0 Å². The van der Waals surface area contributed by atoms with Gasteiger partial charge in [0.1, 0.15) is 11.6 Å². The zero-order valence-electron chi connectivity index (χ0n) is 10.9. The number of nitrogens with one attached hydrogen (secondary N) is 1. The van der Waals surface area contributed by atoms with E-state index in [1.807, 2.05) is 0 Å². The number of halogens is 2. The second kappa shape index (κ2) is 5.53. The van der Waals surface area contributed by atoms with E-state index >= 15 is 0 Å². The third-order valence-electron chi connectivity index (χ3n) is 4.13. The van der Waals surface area contributed by atoms with Gasteiger partial charge < -0.3 is 5.32 Å². The molecule has 2 saturated heterocycles. The molecule has 0 unspecified atom stereocenters. The minimum Gasteiger partial charge on any atom is -0.314 e. The summed E-state index contributed by atoms with van der Waals surface area (Å²) in [5.41, 5.74) is 0.196. The summed E-state index contributed by atoms with van der Waals surface area (Å²) in [6.45, 7) is 6.25. The molecular formula is C14H19F2N3. The van der Waals surface area contributed by atoms with Crippen molar-refractivity contribution in [3.8, 4) is 0 Å². The van der Waals surface area contributed by atoms with Gasteiger partial charge in [0, 0.05) is 57.4 Å². The molecule has 2 fully saturated rings. The maximum atomic E-state index is 13.6. The van der Waals surface area contributed by atoms with Crippen LogP contribution in [0.3, 0.4) is 0 Å². The standard InChI is InChI=1S/C14H19F2N3/c15-13-2-1-3-14(16)12(13)10-18-4-6-19(7-5-18)11-8-17-9-11/h1-3,11,17H,4-10H2. The van der Waals surface area contributed by atoms with Crippen LogP contribution in [0.25, 0.3) is 0 Å².